The number of carbonyl (C=O) groups excluding carboxylic acids is 2. The van der Waals surface area contributed by atoms with E-state index in [0.717, 1.165) is 12.0 Å². The molecule has 7 heteroatoms. The van der Waals surface area contributed by atoms with E-state index in [0.29, 0.717) is 12.8 Å². The van der Waals surface area contributed by atoms with Crippen LogP contribution in [0.15, 0.2) is 30.3 Å². The van der Waals surface area contributed by atoms with Crippen LogP contribution in [0.4, 0.5) is 9.18 Å². The Kier molecular flexibility index (Phi) is 5.99. The zero-order valence-corrected chi connectivity index (χ0v) is 15.7. The third-order valence-corrected chi connectivity index (χ3v) is 5.38. The number of hydrogen-bond donors (Lipinski definition) is 0. The van der Waals surface area contributed by atoms with Gasteiger partial charge in [-0.1, -0.05) is 37.3 Å². The first-order valence-corrected chi connectivity index (χ1v) is 9.36. The number of ether oxygens (including phenoxy) is 3. The number of rotatable bonds is 7. The minimum atomic E-state index is -1.34. The topological polar surface area (TPSA) is 68.4 Å². The second-order valence-corrected chi connectivity index (χ2v) is 7.14. The summed E-state index contributed by atoms with van der Waals surface area (Å²) in [5.74, 6) is -0.604. The first kappa shape index (κ1) is 19.6. The molecule has 27 heavy (non-hydrogen) atoms. The van der Waals surface area contributed by atoms with Gasteiger partial charge < -0.3 is 14.2 Å². The number of methoxy groups -OCH3 is 1. The number of hydrogen-bond acceptors (Lipinski definition) is 5. The van der Waals surface area contributed by atoms with Crippen LogP contribution in [0.25, 0.3) is 0 Å². The molecule has 2 heterocycles. The molecule has 0 saturated carbocycles. The van der Waals surface area contributed by atoms with Crippen molar-refractivity contribution in [1.82, 2.24) is 4.90 Å². The molecule has 1 amide bonds. The number of nitrogens with zero attached hydrogens (tertiary/aromatic N) is 1. The Balaban J connectivity index is 1.71. The molecule has 6 nitrogen and oxygen atoms in total. The van der Waals surface area contributed by atoms with E-state index >= 15 is 0 Å². The average Bonchev–Trinajstić information content (AvgIpc) is 3.38. The summed E-state index contributed by atoms with van der Waals surface area (Å²) in [6.07, 6.45) is -0.0831. The second kappa shape index (κ2) is 8.25. The average molecular weight is 379 g/mol. The van der Waals surface area contributed by atoms with Crippen molar-refractivity contribution in [2.45, 2.75) is 63.1 Å². The van der Waals surface area contributed by atoms with Crippen LogP contribution < -0.4 is 0 Å². The van der Waals surface area contributed by atoms with Crippen molar-refractivity contribution in [3.63, 3.8) is 0 Å². The van der Waals surface area contributed by atoms with Gasteiger partial charge in [-0.3, -0.25) is 4.90 Å². The second-order valence-electron chi connectivity index (χ2n) is 7.14. The van der Waals surface area contributed by atoms with Gasteiger partial charge in [0.1, 0.15) is 18.3 Å². The number of likely N-dealkylation sites (tertiary alicyclic amines) is 1. The van der Waals surface area contributed by atoms with Crippen LogP contribution in [0.2, 0.25) is 0 Å². The molecule has 2 aliphatic heterocycles. The summed E-state index contributed by atoms with van der Waals surface area (Å²) in [5, 5.41) is 0. The molecule has 1 aromatic carbocycles. The van der Waals surface area contributed by atoms with E-state index in [-0.39, 0.29) is 31.8 Å². The van der Waals surface area contributed by atoms with Gasteiger partial charge in [-0.15, -0.1) is 0 Å². The molecule has 2 saturated heterocycles. The van der Waals surface area contributed by atoms with Gasteiger partial charge in [-0.2, -0.15) is 0 Å². The van der Waals surface area contributed by atoms with Crippen LogP contribution in [0.5, 0.6) is 0 Å². The highest BCUT2D eigenvalue weighted by atomic mass is 19.1. The van der Waals surface area contributed by atoms with Gasteiger partial charge in [0.15, 0.2) is 0 Å². The van der Waals surface area contributed by atoms with E-state index < -0.39 is 23.8 Å². The van der Waals surface area contributed by atoms with Crippen molar-refractivity contribution in [3.8, 4) is 0 Å². The maximum absolute atomic E-state index is 14.3. The van der Waals surface area contributed by atoms with Crippen LogP contribution in [-0.2, 0) is 25.6 Å². The van der Waals surface area contributed by atoms with Crippen molar-refractivity contribution >= 4 is 12.1 Å². The summed E-state index contributed by atoms with van der Waals surface area (Å²) in [6, 6.07) is 9.21. The Labute approximate surface area is 158 Å². The fraction of sp³-hybridized carbons (Fsp3) is 0.600. The van der Waals surface area contributed by atoms with Crippen LogP contribution >= 0.6 is 0 Å². The van der Waals surface area contributed by atoms with Crippen LogP contribution in [-0.4, -0.2) is 54.5 Å². The maximum Gasteiger partial charge on any atom is 0.411 e. The lowest BCUT2D eigenvalue weighted by Gasteiger charge is -2.34. The van der Waals surface area contributed by atoms with Crippen LogP contribution in [0, 0.1) is 0 Å². The number of esters is 1. The van der Waals surface area contributed by atoms with Crippen molar-refractivity contribution in [1.29, 1.82) is 0 Å². The minimum Gasteiger partial charge on any atom is -0.467 e. The summed E-state index contributed by atoms with van der Waals surface area (Å²) in [6.45, 7) is 1.92. The summed E-state index contributed by atoms with van der Waals surface area (Å²) < 4.78 is 30.1. The maximum atomic E-state index is 14.3. The Morgan fingerprint density at radius 3 is 2.67 bits per heavy atom. The summed E-state index contributed by atoms with van der Waals surface area (Å²) in [4.78, 5) is 26.5. The van der Waals surface area contributed by atoms with E-state index in [1.54, 1.807) is 0 Å². The normalized spacial score (nSPS) is 29.4. The fourth-order valence-corrected chi connectivity index (χ4v) is 3.86. The van der Waals surface area contributed by atoms with Gasteiger partial charge in [0.2, 0.25) is 0 Å². The van der Waals surface area contributed by atoms with Crippen molar-refractivity contribution in [3.05, 3.63) is 35.9 Å². The highest BCUT2D eigenvalue weighted by molar-refractivity contribution is 5.86. The molecule has 3 rings (SSSR count). The van der Waals surface area contributed by atoms with Gasteiger partial charge in [0, 0.05) is 6.42 Å². The smallest absolute Gasteiger partial charge is 0.411 e. The largest absolute Gasteiger partial charge is 0.467 e. The zero-order chi connectivity index (χ0) is 19.4. The van der Waals surface area contributed by atoms with Gasteiger partial charge in [0.05, 0.1) is 25.9 Å². The quantitative estimate of drug-likeness (QED) is 0.537. The number of halogens is 1. The monoisotopic (exact) mass is 379 g/mol. The molecule has 1 aromatic rings. The molecule has 148 valence electrons. The number of alkyl halides is 1. The molecule has 0 N–H and O–H groups in total. The third kappa shape index (κ3) is 4.24. The van der Waals surface area contributed by atoms with E-state index in [9.17, 15) is 14.0 Å². The Hall–Kier alpha value is -2.15. The van der Waals surface area contributed by atoms with Gasteiger partial charge >= 0.3 is 12.1 Å². The summed E-state index contributed by atoms with van der Waals surface area (Å²) >= 11 is 0. The summed E-state index contributed by atoms with van der Waals surface area (Å²) in [7, 11) is 1.26. The van der Waals surface area contributed by atoms with E-state index in [2.05, 4.69) is 0 Å². The Morgan fingerprint density at radius 2 is 2.04 bits per heavy atom. The highest BCUT2D eigenvalue weighted by Gasteiger charge is 2.56. The number of epoxide rings is 1. The van der Waals surface area contributed by atoms with Crippen molar-refractivity contribution < 1.29 is 28.2 Å². The van der Waals surface area contributed by atoms with Gasteiger partial charge in [-0.25, -0.2) is 14.0 Å². The summed E-state index contributed by atoms with van der Waals surface area (Å²) in [5.41, 5.74) is -0.519. The molecule has 2 aliphatic rings. The lowest BCUT2D eigenvalue weighted by Crippen LogP contribution is -2.54. The SMILES string of the molecule is CCC1OC1CCC1(C(=O)OC)C[C@@H](F)CN1C(=O)OCc1ccccc1. The van der Waals surface area contributed by atoms with Gasteiger partial charge in [0.25, 0.3) is 0 Å². The molecule has 0 bridgehead atoms. The number of carbonyl (C=O) groups is 2. The predicted octanol–water partition coefficient (Wildman–Crippen LogP) is 3.24. The van der Waals surface area contributed by atoms with E-state index in [1.807, 2.05) is 37.3 Å². The number of benzene rings is 1. The van der Waals surface area contributed by atoms with Crippen molar-refractivity contribution in [2.75, 3.05) is 13.7 Å². The lowest BCUT2D eigenvalue weighted by atomic mass is 9.89. The molecule has 2 fully saturated rings. The first-order chi connectivity index (χ1) is 13.0. The van der Waals surface area contributed by atoms with E-state index in [4.69, 9.17) is 14.2 Å². The molecular formula is C20H26FNO5. The van der Waals surface area contributed by atoms with Gasteiger partial charge in [-0.05, 0) is 24.8 Å². The van der Waals surface area contributed by atoms with Crippen LogP contribution in [0.3, 0.4) is 0 Å². The highest BCUT2D eigenvalue weighted by Crippen LogP contribution is 2.40. The molecule has 0 aliphatic carbocycles. The zero-order valence-electron chi connectivity index (χ0n) is 15.7. The standard InChI is InChI=1S/C20H26FNO5/c1-3-16-17(27-16)9-10-20(18(23)25-2)11-15(21)12-22(20)19(24)26-13-14-7-5-4-6-8-14/h4-8,15-17H,3,9-13H2,1-2H3/t15-,16?,17?,20?/m1/s1. The predicted molar refractivity (Wildman–Crippen MR) is 95.8 cm³/mol. The Bertz CT molecular complexity index is 670. The Morgan fingerprint density at radius 1 is 1.30 bits per heavy atom. The molecule has 0 spiro atoms. The van der Waals surface area contributed by atoms with Crippen LogP contribution in [0.1, 0.15) is 38.2 Å². The minimum absolute atomic E-state index is 0.0531. The third-order valence-electron chi connectivity index (χ3n) is 5.38. The molecular weight excluding hydrogens is 353 g/mol. The molecule has 0 radical (unpaired) electrons. The molecule has 0 aromatic heterocycles. The fourth-order valence-electron chi connectivity index (χ4n) is 3.86. The van der Waals surface area contributed by atoms with E-state index in [1.165, 1.54) is 12.0 Å². The lowest BCUT2D eigenvalue weighted by molar-refractivity contribution is -0.153. The van der Waals surface area contributed by atoms with Crippen molar-refractivity contribution in [2.24, 2.45) is 0 Å². The molecule has 3 unspecified atom stereocenters. The first-order valence-electron chi connectivity index (χ1n) is 9.36. The number of amides is 1. The molecule has 4 atom stereocenters.